The molecule has 4 aliphatic rings. The topological polar surface area (TPSA) is 80.6 Å². The largest absolute Gasteiger partial charge is 0.487 e. The van der Waals surface area contributed by atoms with Gasteiger partial charge in [-0.05, 0) is 99.9 Å². The predicted octanol–water partition coefficient (Wildman–Crippen LogP) is 5.10. The van der Waals surface area contributed by atoms with E-state index in [0.717, 1.165) is 24.2 Å². The Morgan fingerprint density at radius 3 is 2.64 bits per heavy atom. The lowest BCUT2D eigenvalue weighted by atomic mass is 9.67. The molecule has 0 spiro atoms. The normalized spacial score (nSPS) is 27.5. The van der Waals surface area contributed by atoms with Crippen molar-refractivity contribution >= 4 is 17.8 Å². The predicted molar refractivity (Wildman–Crippen MR) is 160 cm³/mol. The summed E-state index contributed by atoms with van der Waals surface area (Å²) < 4.78 is 7.85. The zero-order valence-corrected chi connectivity index (χ0v) is 24.3. The van der Waals surface area contributed by atoms with Crippen molar-refractivity contribution in [1.29, 1.82) is 0 Å². The van der Waals surface area contributed by atoms with Gasteiger partial charge in [0.25, 0.3) is 0 Å². The van der Waals surface area contributed by atoms with Crippen molar-refractivity contribution in [2.45, 2.75) is 70.2 Å². The van der Waals surface area contributed by atoms with E-state index in [1.165, 1.54) is 44.3 Å². The maximum atomic E-state index is 13.4. The van der Waals surface area contributed by atoms with E-state index in [1.54, 1.807) is 30.3 Å². The zero-order chi connectivity index (χ0) is 28.6. The van der Waals surface area contributed by atoms with E-state index in [0.29, 0.717) is 41.7 Å². The van der Waals surface area contributed by atoms with Crippen LogP contribution in [-0.4, -0.2) is 68.2 Å². The third kappa shape index (κ3) is 5.40. The number of hydrogen-bond donors (Lipinski definition) is 0. The highest BCUT2D eigenvalue weighted by Gasteiger charge is 2.52. The average Bonchev–Trinajstić information content (AvgIpc) is 3.50. The molecule has 218 valence electrons. The van der Waals surface area contributed by atoms with Crippen LogP contribution in [0.2, 0.25) is 0 Å². The molecule has 4 saturated heterocycles. The van der Waals surface area contributed by atoms with Gasteiger partial charge in [-0.15, -0.1) is 5.10 Å². The number of amides is 1. The van der Waals surface area contributed by atoms with Gasteiger partial charge in [0, 0.05) is 30.6 Å². The number of aromatic nitrogens is 3. The summed E-state index contributed by atoms with van der Waals surface area (Å²) in [7, 11) is 0. The molecule has 3 aromatic rings. The molecule has 0 bridgehead atoms. The number of carbonyl (C=O) groups excluding carboxylic acids is 2. The first-order valence-electron chi connectivity index (χ1n) is 15.5. The summed E-state index contributed by atoms with van der Waals surface area (Å²) in [6.07, 6.45) is 11.8. The molecule has 4 fully saturated rings. The van der Waals surface area contributed by atoms with Crippen molar-refractivity contribution in [1.82, 2.24) is 24.8 Å². The molecule has 0 saturated carbocycles. The molecule has 8 nitrogen and oxygen atoms in total. The molecule has 7 rings (SSSR count). The lowest BCUT2D eigenvalue weighted by Gasteiger charge is -2.59. The van der Waals surface area contributed by atoms with E-state index in [-0.39, 0.29) is 24.3 Å². The second kappa shape index (κ2) is 11.5. The molecule has 42 heavy (non-hydrogen) atoms. The third-order valence-corrected chi connectivity index (χ3v) is 9.88. The van der Waals surface area contributed by atoms with Gasteiger partial charge < -0.3 is 9.64 Å². The molecule has 8 heteroatoms. The van der Waals surface area contributed by atoms with E-state index >= 15 is 0 Å². The first kappa shape index (κ1) is 27.1. The summed E-state index contributed by atoms with van der Waals surface area (Å²) >= 11 is 0. The molecule has 2 aromatic carbocycles. The fraction of sp³-hybridized carbons (Fsp3) is 0.471. The Hall–Kier alpha value is -3.78. The smallest absolute Gasteiger partial charge is 0.224 e. The minimum Gasteiger partial charge on any atom is -0.487 e. The number of aryl methyl sites for hydroxylation is 1. The van der Waals surface area contributed by atoms with Crippen molar-refractivity contribution in [2.75, 3.05) is 19.6 Å². The van der Waals surface area contributed by atoms with Gasteiger partial charge in [0.05, 0.1) is 12.2 Å². The van der Waals surface area contributed by atoms with Gasteiger partial charge in [-0.1, -0.05) is 41.1 Å². The van der Waals surface area contributed by atoms with Gasteiger partial charge in [0.1, 0.15) is 18.1 Å². The molecule has 4 aliphatic heterocycles. The molecular weight excluding hydrogens is 526 g/mol. The lowest BCUT2D eigenvalue weighted by molar-refractivity contribution is -0.153. The molecule has 1 aromatic heterocycles. The van der Waals surface area contributed by atoms with Crippen LogP contribution in [0.3, 0.4) is 0 Å². The van der Waals surface area contributed by atoms with Crippen LogP contribution < -0.4 is 4.74 Å². The fourth-order valence-electron chi connectivity index (χ4n) is 7.84. The number of carbonyl (C=O) groups is 2. The second-order valence-corrected chi connectivity index (χ2v) is 12.6. The van der Waals surface area contributed by atoms with Crippen molar-refractivity contribution in [2.24, 2.45) is 11.8 Å². The summed E-state index contributed by atoms with van der Waals surface area (Å²) in [6.45, 7) is 5.69. The minimum atomic E-state index is -0.0522. The number of piperidine rings is 4. The molecule has 5 heterocycles. The Bertz CT molecular complexity index is 1460. The summed E-state index contributed by atoms with van der Waals surface area (Å²) in [5.74, 6) is 2.10. The van der Waals surface area contributed by atoms with Crippen molar-refractivity contribution in [3.63, 3.8) is 0 Å². The van der Waals surface area contributed by atoms with Gasteiger partial charge in [0.2, 0.25) is 5.91 Å². The molecular formula is C34H39N5O3. The van der Waals surface area contributed by atoms with Crippen LogP contribution in [0.5, 0.6) is 5.75 Å². The van der Waals surface area contributed by atoms with Gasteiger partial charge in [0.15, 0.2) is 5.78 Å². The van der Waals surface area contributed by atoms with Crippen LogP contribution >= 0.6 is 0 Å². The monoisotopic (exact) mass is 565 g/mol. The number of allylic oxidation sites excluding steroid dienone is 1. The van der Waals surface area contributed by atoms with Crippen LogP contribution in [0, 0.1) is 18.8 Å². The van der Waals surface area contributed by atoms with E-state index in [9.17, 15) is 9.59 Å². The molecule has 0 radical (unpaired) electrons. The maximum absolute atomic E-state index is 13.4. The summed E-state index contributed by atoms with van der Waals surface area (Å²) in [5.41, 5.74) is 3.52. The fourth-order valence-corrected chi connectivity index (χ4v) is 7.84. The Labute approximate surface area is 247 Å². The Balaban J connectivity index is 0.960. The average molecular weight is 566 g/mol. The van der Waals surface area contributed by atoms with Gasteiger partial charge in [-0.3, -0.25) is 14.5 Å². The highest BCUT2D eigenvalue weighted by Crippen LogP contribution is 2.46. The van der Waals surface area contributed by atoms with Gasteiger partial charge >= 0.3 is 0 Å². The van der Waals surface area contributed by atoms with E-state index in [4.69, 9.17) is 4.74 Å². The van der Waals surface area contributed by atoms with E-state index < -0.39 is 0 Å². The molecule has 0 N–H and O–H groups in total. The van der Waals surface area contributed by atoms with Crippen molar-refractivity contribution in [3.8, 4) is 5.75 Å². The van der Waals surface area contributed by atoms with Crippen LogP contribution in [0.15, 0.2) is 60.8 Å². The van der Waals surface area contributed by atoms with E-state index in [2.05, 4.69) is 20.1 Å². The lowest BCUT2D eigenvalue weighted by Crippen LogP contribution is -2.67. The van der Waals surface area contributed by atoms with Gasteiger partial charge in [-0.25, -0.2) is 4.68 Å². The highest BCUT2D eigenvalue weighted by molar-refractivity contribution is 6.06. The number of ether oxygens (including phenoxy) is 1. The second-order valence-electron chi connectivity index (χ2n) is 12.6. The molecule has 5 atom stereocenters. The standard InChI is InChI=1S/C34H39N5O3/c1-23-6-8-24(9-7-23)10-15-32(40)25-11-13-29(14-12-25)42-22-27-21-39(36-35-27)28-18-31-30-5-3-17-37-16-2-4-26(34(30)37)20-38(31)33(41)19-28/h6-15,21,26,28,30-31,34H,2-5,16-20,22H2,1H3/b15-10+/t26-,28+,30+,31+,34-/m0/s1. The SMILES string of the molecule is Cc1ccc(/C=C/C(=O)c2ccc(OCc3cn([C@H]4CC(=O)N5C[C@@H]6CCCN7CCC[C@@H]([C@H]67)[C@H]5C4)nn3)cc2)cc1. The van der Waals surface area contributed by atoms with Crippen molar-refractivity contribution < 1.29 is 14.3 Å². The molecule has 0 unspecified atom stereocenters. The van der Waals surface area contributed by atoms with Crippen LogP contribution in [-0.2, 0) is 11.4 Å². The van der Waals surface area contributed by atoms with Crippen LogP contribution in [0.4, 0.5) is 0 Å². The zero-order valence-electron chi connectivity index (χ0n) is 24.3. The quantitative estimate of drug-likeness (QED) is 0.293. The number of benzene rings is 2. The Morgan fingerprint density at radius 1 is 1.05 bits per heavy atom. The first-order chi connectivity index (χ1) is 20.5. The summed E-state index contributed by atoms with van der Waals surface area (Å²) in [5, 5.41) is 8.79. The van der Waals surface area contributed by atoms with E-state index in [1.807, 2.05) is 48.1 Å². The highest BCUT2D eigenvalue weighted by atomic mass is 16.5. The number of rotatable bonds is 7. The number of ketones is 1. The first-order valence-corrected chi connectivity index (χ1v) is 15.5. The minimum absolute atomic E-state index is 0.0359. The van der Waals surface area contributed by atoms with Crippen molar-refractivity contribution in [3.05, 3.63) is 83.2 Å². The van der Waals surface area contributed by atoms with Gasteiger partial charge in [-0.2, -0.15) is 0 Å². The number of hydrogen-bond acceptors (Lipinski definition) is 6. The summed E-state index contributed by atoms with van der Waals surface area (Å²) in [4.78, 5) is 30.9. The Morgan fingerprint density at radius 2 is 1.83 bits per heavy atom. The number of nitrogens with zero attached hydrogens (tertiary/aromatic N) is 5. The summed E-state index contributed by atoms with van der Waals surface area (Å²) in [6, 6.07) is 16.2. The van der Waals surface area contributed by atoms with Crippen LogP contribution in [0.25, 0.3) is 6.08 Å². The number of fused-ring (bicyclic) bond motifs is 2. The molecule has 0 aliphatic carbocycles. The third-order valence-electron chi connectivity index (χ3n) is 9.88. The Kier molecular flexibility index (Phi) is 7.40. The maximum Gasteiger partial charge on any atom is 0.224 e. The van der Waals surface area contributed by atoms with Crippen LogP contribution in [0.1, 0.15) is 71.7 Å². The molecule has 1 amide bonds.